The van der Waals surface area contributed by atoms with Gasteiger partial charge in [0.05, 0.1) is 13.2 Å². The van der Waals surface area contributed by atoms with Gasteiger partial charge >= 0.3 is 5.97 Å². The van der Waals surface area contributed by atoms with E-state index in [1.807, 2.05) is 0 Å². The summed E-state index contributed by atoms with van der Waals surface area (Å²) in [6.45, 7) is 0.0444. The van der Waals surface area contributed by atoms with E-state index in [9.17, 15) is 14.7 Å². The van der Waals surface area contributed by atoms with Gasteiger partial charge in [-0.15, -0.1) is 0 Å². The van der Waals surface area contributed by atoms with E-state index >= 15 is 0 Å². The third-order valence-electron chi connectivity index (χ3n) is 3.38. The molecule has 1 aromatic carbocycles. The number of likely N-dealkylation sites (tertiary alicyclic amines) is 1. The molecule has 0 bridgehead atoms. The Balaban J connectivity index is 2.05. The maximum atomic E-state index is 12.0. The van der Waals surface area contributed by atoms with Crippen LogP contribution in [0.3, 0.4) is 0 Å². The third kappa shape index (κ3) is 3.61. The van der Waals surface area contributed by atoms with E-state index in [1.54, 1.807) is 37.5 Å². The lowest BCUT2D eigenvalue weighted by Gasteiger charge is -2.19. The number of aliphatic hydroxyl groups excluding tert-OH is 1. The molecule has 6 nitrogen and oxygen atoms in total. The Bertz CT molecular complexity index is 552. The minimum Gasteiger partial charge on any atom is -0.497 e. The number of ether oxygens (including phenoxy) is 1. The number of carboxylic acids is 1. The standard InChI is InChI=1S/C15H17NO5/c1-21-12-5-2-10(3-6-12)4-7-14(18)16-9-11(17)8-13(16)15(19)20/h2-7,11,13,17H,8-9H2,1H3,(H,19,20)/t11-,13-/m0/s1. The number of aliphatic hydroxyl groups is 1. The number of β-amino-alcohol motifs (C(OH)–C–C–N with tert-alkyl or cyclic N) is 1. The minimum absolute atomic E-state index is 0.0444. The topological polar surface area (TPSA) is 87.1 Å². The van der Waals surface area contributed by atoms with Crippen LogP contribution in [0.4, 0.5) is 0 Å². The highest BCUT2D eigenvalue weighted by molar-refractivity contribution is 5.94. The molecule has 112 valence electrons. The molecule has 1 aliphatic heterocycles. The van der Waals surface area contributed by atoms with Crippen LogP contribution in [0, 0.1) is 0 Å². The molecule has 2 N–H and O–H groups in total. The zero-order chi connectivity index (χ0) is 15.4. The number of benzene rings is 1. The molecule has 21 heavy (non-hydrogen) atoms. The Morgan fingerprint density at radius 1 is 1.33 bits per heavy atom. The highest BCUT2D eigenvalue weighted by atomic mass is 16.5. The van der Waals surface area contributed by atoms with Gasteiger partial charge in [-0.05, 0) is 23.8 Å². The van der Waals surface area contributed by atoms with Gasteiger partial charge in [0.25, 0.3) is 0 Å². The van der Waals surface area contributed by atoms with Crippen molar-refractivity contribution in [2.75, 3.05) is 13.7 Å². The van der Waals surface area contributed by atoms with Crippen LogP contribution in [0.1, 0.15) is 12.0 Å². The van der Waals surface area contributed by atoms with Crippen LogP contribution in [0.25, 0.3) is 6.08 Å². The second-order valence-corrected chi connectivity index (χ2v) is 4.84. The van der Waals surface area contributed by atoms with Gasteiger partial charge in [-0.25, -0.2) is 4.79 Å². The number of amides is 1. The fraction of sp³-hybridized carbons (Fsp3) is 0.333. The van der Waals surface area contributed by atoms with Crippen LogP contribution in [0.2, 0.25) is 0 Å². The van der Waals surface area contributed by atoms with Gasteiger partial charge in [-0.2, -0.15) is 0 Å². The van der Waals surface area contributed by atoms with Crippen molar-refractivity contribution in [2.24, 2.45) is 0 Å². The Morgan fingerprint density at radius 3 is 2.57 bits per heavy atom. The summed E-state index contributed by atoms with van der Waals surface area (Å²) >= 11 is 0. The summed E-state index contributed by atoms with van der Waals surface area (Å²) in [4.78, 5) is 24.3. The highest BCUT2D eigenvalue weighted by Crippen LogP contribution is 2.19. The van der Waals surface area contributed by atoms with E-state index in [0.717, 1.165) is 5.56 Å². The van der Waals surface area contributed by atoms with Gasteiger partial charge in [0.2, 0.25) is 5.91 Å². The summed E-state index contributed by atoms with van der Waals surface area (Å²) in [6.07, 6.45) is 2.20. The molecular formula is C15H17NO5. The summed E-state index contributed by atoms with van der Waals surface area (Å²) in [5.74, 6) is -0.806. The van der Waals surface area contributed by atoms with Crippen molar-refractivity contribution in [3.8, 4) is 5.75 Å². The van der Waals surface area contributed by atoms with Gasteiger partial charge in [-0.3, -0.25) is 4.79 Å². The number of methoxy groups -OCH3 is 1. The molecule has 1 fully saturated rings. The van der Waals surface area contributed by atoms with Gasteiger partial charge in [0.15, 0.2) is 0 Å². The normalized spacial score (nSPS) is 21.7. The number of rotatable bonds is 4. The SMILES string of the molecule is COc1ccc(C=CC(=O)N2C[C@@H](O)C[C@H]2C(=O)O)cc1. The summed E-state index contributed by atoms with van der Waals surface area (Å²) < 4.78 is 5.04. The van der Waals surface area contributed by atoms with E-state index in [0.29, 0.717) is 5.75 Å². The Labute approximate surface area is 122 Å². The van der Waals surface area contributed by atoms with Crippen LogP contribution >= 0.6 is 0 Å². The second-order valence-electron chi connectivity index (χ2n) is 4.84. The van der Waals surface area contributed by atoms with Crippen molar-refractivity contribution in [1.29, 1.82) is 0 Å². The zero-order valence-electron chi connectivity index (χ0n) is 11.6. The van der Waals surface area contributed by atoms with E-state index in [4.69, 9.17) is 9.84 Å². The lowest BCUT2D eigenvalue weighted by Crippen LogP contribution is -2.39. The lowest BCUT2D eigenvalue weighted by atomic mass is 10.2. The van der Waals surface area contributed by atoms with Gasteiger partial charge < -0.3 is 19.8 Å². The first-order valence-corrected chi connectivity index (χ1v) is 6.55. The first-order valence-electron chi connectivity index (χ1n) is 6.55. The van der Waals surface area contributed by atoms with Crippen LogP contribution in [-0.4, -0.2) is 52.8 Å². The zero-order valence-corrected chi connectivity index (χ0v) is 11.6. The predicted molar refractivity (Wildman–Crippen MR) is 75.8 cm³/mol. The fourth-order valence-electron chi connectivity index (χ4n) is 2.27. The summed E-state index contributed by atoms with van der Waals surface area (Å²) in [7, 11) is 1.57. The summed E-state index contributed by atoms with van der Waals surface area (Å²) in [6, 6.07) is 6.15. The average Bonchev–Trinajstić information content (AvgIpc) is 2.87. The van der Waals surface area contributed by atoms with Crippen LogP contribution in [0.15, 0.2) is 30.3 Å². The Kier molecular flexibility index (Phi) is 4.59. The maximum absolute atomic E-state index is 12.0. The molecule has 0 aliphatic carbocycles. The number of nitrogens with zero attached hydrogens (tertiary/aromatic N) is 1. The average molecular weight is 291 g/mol. The molecule has 1 heterocycles. The molecule has 0 spiro atoms. The highest BCUT2D eigenvalue weighted by Gasteiger charge is 2.37. The summed E-state index contributed by atoms with van der Waals surface area (Å²) in [5.41, 5.74) is 0.802. The molecule has 2 atom stereocenters. The van der Waals surface area contributed by atoms with Gasteiger partial charge in [-0.1, -0.05) is 12.1 Å². The third-order valence-corrected chi connectivity index (χ3v) is 3.38. The van der Waals surface area contributed by atoms with Crippen molar-refractivity contribution in [1.82, 2.24) is 4.90 Å². The van der Waals surface area contributed by atoms with Crippen molar-refractivity contribution in [2.45, 2.75) is 18.6 Å². The van der Waals surface area contributed by atoms with Crippen molar-refractivity contribution >= 4 is 18.0 Å². The molecule has 1 saturated heterocycles. The Morgan fingerprint density at radius 2 is 2.00 bits per heavy atom. The predicted octanol–water partition coefficient (Wildman–Crippen LogP) is 0.755. The molecular weight excluding hydrogens is 274 g/mol. The number of aliphatic carboxylic acids is 1. The molecule has 1 amide bonds. The molecule has 0 aromatic heterocycles. The van der Waals surface area contributed by atoms with E-state index in [-0.39, 0.29) is 13.0 Å². The monoisotopic (exact) mass is 291 g/mol. The molecule has 6 heteroatoms. The summed E-state index contributed by atoms with van der Waals surface area (Å²) in [5, 5.41) is 18.6. The quantitative estimate of drug-likeness (QED) is 0.800. The van der Waals surface area contributed by atoms with E-state index in [2.05, 4.69) is 0 Å². The smallest absolute Gasteiger partial charge is 0.326 e. The van der Waals surface area contributed by atoms with Crippen LogP contribution in [-0.2, 0) is 9.59 Å². The number of carbonyl (C=O) groups is 2. The number of hydrogen-bond acceptors (Lipinski definition) is 4. The molecule has 0 saturated carbocycles. The molecule has 0 radical (unpaired) electrons. The van der Waals surface area contributed by atoms with Gasteiger partial charge in [0.1, 0.15) is 11.8 Å². The maximum Gasteiger partial charge on any atom is 0.326 e. The molecule has 1 aromatic rings. The number of carbonyl (C=O) groups excluding carboxylic acids is 1. The minimum atomic E-state index is -1.10. The number of hydrogen-bond donors (Lipinski definition) is 2. The first kappa shape index (κ1) is 15.1. The largest absolute Gasteiger partial charge is 0.497 e. The van der Waals surface area contributed by atoms with Gasteiger partial charge in [0, 0.05) is 19.0 Å². The van der Waals surface area contributed by atoms with Crippen LogP contribution < -0.4 is 4.74 Å². The van der Waals surface area contributed by atoms with Crippen molar-refractivity contribution in [3.05, 3.63) is 35.9 Å². The van der Waals surface area contributed by atoms with Crippen molar-refractivity contribution in [3.63, 3.8) is 0 Å². The van der Waals surface area contributed by atoms with E-state index < -0.39 is 24.0 Å². The Hall–Kier alpha value is -2.34. The van der Waals surface area contributed by atoms with Crippen molar-refractivity contribution < 1.29 is 24.5 Å². The molecule has 0 unspecified atom stereocenters. The van der Waals surface area contributed by atoms with E-state index in [1.165, 1.54) is 11.0 Å². The van der Waals surface area contributed by atoms with Crippen LogP contribution in [0.5, 0.6) is 5.75 Å². The molecule has 1 aliphatic rings. The number of carboxylic acid groups (broad SMARTS) is 1. The fourth-order valence-corrected chi connectivity index (χ4v) is 2.27. The molecule has 2 rings (SSSR count). The second kappa shape index (κ2) is 6.41. The first-order chi connectivity index (χ1) is 10.0. The lowest BCUT2D eigenvalue weighted by molar-refractivity contribution is -0.146.